The molecule has 0 fully saturated rings. The highest BCUT2D eigenvalue weighted by Crippen LogP contribution is 2.39. The van der Waals surface area contributed by atoms with Gasteiger partial charge in [0, 0.05) is 47.0 Å². The molecule has 0 atom stereocenters. The van der Waals surface area contributed by atoms with Crippen molar-refractivity contribution in [3.63, 3.8) is 0 Å². The lowest BCUT2D eigenvalue weighted by molar-refractivity contribution is -0.141. The van der Waals surface area contributed by atoms with Crippen molar-refractivity contribution in [2.75, 3.05) is 24.0 Å². The largest absolute Gasteiger partial charge is 0.469 e. The quantitative estimate of drug-likeness (QED) is 0.0671. The molecule has 6 heteroatoms. The fourth-order valence-corrected chi connectivity index (χ4v) is 7.80. The Hall–Kier alpha value is -8.22. The lowest BCUT2D eigenvalue weighted by Gasteiger charge is -2.26. The van der Waals surface area contributed by atoms with Gasteiger partial charge in [-0.3, -0.25) is 9.59 Å². The van der Waals surface area contributed by atoms with Crippen LogP contribution in [0.3, 0.4) is 0 Å². The van der Waals surface area contributed by atoms with E-state index in [4.69, 9.17) is 9.47 Å². The first-order valence-electron chi connectivity index (χ1n) is 22.2. The number of esters is 2. The van der Waals surface area contributed by atoms with E-state index in [0.29, 0.717) is 25.7 Å². The molecule has 0 aromatic heterocycles. The molecule has 0 bridgehead atoms. The third kappa shape index (κ3) is 11.7. The summed E-state index contributed by atoms with van der Waals surface area (Å²) in [5.74, 6) is -0.432. The van der Waals surface area contributed by atoms with E-state index in [2.05, 4.69) is 204 Å². The first kappa shape index (κ1) is 44.4. The Morgan fingerprint density at radius 3 is 0.894 bits per heavy atom. The highest BCUT2D eigenvalue weighted by atomic mass is 16.5. The van der Waals surface area contributed by atoms with Crippen molar-refractivity contribution < 1.29 is 19.1 Å². The number of methoxy groups -OCH3 is 2. The van der Waals surface area contributed by atoms with Gasteiger partial charge >= 0.3 is 11.9 Å². The minimum atomic E-state index is -0.216. The maximum absolute atomic E-state index is 11.8. The smallest absolute Gasteiger partial charge is 0.305 e. The van der Waals surface area contributed by atoms with E-state index in [1.807, 2.05) is 36.4 Å². The first-order chi connectivity index (χ1) is 32.4. The van der Waals surface area contributed by atoms with Gasteiger partial charge in [0.25, 0.3) is 0 Å². The zero-order valence-corrected chi connectivity index (χ0v) is 37.3. The summed E-state index contributed by atoms with van der Waals surface area (Å²) in [6, 6.07) is 71.9. The summed E-state index contributed by atoms with van der Waals surface area (Å²) in [6.07, 6.45) is 10.4. The number of carbonyl (C=O) groups excluding carboxylic acids is 2. The van der Waals surface area contributed by atoms with Crippen LogP contribution in [0.5, 0.6) is 0 Å². The fourth-order valence-electron chi connectivity index (χ4n) is 7.80. The number of nitrogens with zero attached hydrogens (tertiary/aromatic N) is 2. The monoisotopic (exact) mass is 864 g/mol. The van der Waals surface area contributed by atoms with Crippen LogP contribution < -0.4 is 9.80 Å². The third-order valence-corrected chi connectivity index (χ3v) is 11.5. The van der Waals surface area contributed by atoms with Gasteiger partial charge in [0.2, 0.25) is 0 Å². The third-order valence-electron chi connectivity index (χ3n) is 11.5. The van der Waals surface area contributed by atoms with Crippen LogP contribution in [0.2, 0.25) is 0 Å². The molecule has 0 spiro atoms. The Labute approximate surface area is 388 Å². The van der Waals surface area contributed by atoms with Gasteiger partial charge < -0.3 is 19.3 Å². The van der Waals surface area contributed by atoms with Gasteiger partial charge in [-0.25, -0.2) is 0 Å². The second kappa shape index (κ2) is 21.9. The molecule has 0 saturated heterocycles. The summed E-state index contributed by atoms with van der Waals surface area (Å²) >= 11 is 0. The van der Waals surface area contributed by atoms with E-state index in [0.717, 1.165) is 78.6 Å². The average molecular weight is 865 g/mol. The van der Waals surface area contributed by atoms with Crippen LogP contribution in [0, 0.1) is 0 Å². The Kier molecular flexibility index (Phi) is 14.7. The summed E-state index contributed by atoms with van der Waals surface area (Å²) in [5.41, 5.74) is 15.0. The summed E-state index contributed by atoms with van der Waals surface area (Å²) in [5, 5.41) is 0. The molecule has 0 unspecified atom stereocenters. The SMILES string of the molecule is COC(=O)CCc1ccc(N(c2ccc(/C=C/c3ccccc3)cc2)c2ccc(-c3ccc(N(c4ccc(/C=C/c5ccccc5)cc4)c4ccc(CCC(=O)OC)cc4)cc3)cc2)cc1. The molecule has 0 aliphatic carbocycles. The molecule has 0 saturated carbocycles. The number of aryl methyl sites for hydroxylation is 2. The molecule has 0 N–H and O–H groups in total. The van der Waals surface area contributed by atoms with Crippen LogP contribution in [0.4, 0.5) is 34.1 Å². The average Bonchev–Trinajstić information content (AvgIpc) is 3.38. The van der Waals surface area contributed by atoms with Crippen molar-refractivity contribution in [3.05, 3.63) is 240 Å². The normalized spacial score (nSPS) is 11.1. The number of rotatable bonds is 17. The zero-order valence-electron chi connectivity index (χ0n) is 37.3. The molecule has 0 aliphatic rings. The predicted octanol–water partition coefficient (Wildman–Crippen LogP) is 14.8. The Morgan fingerprint density at radius 2 is 0.606 bits per heavy atom. The van der Waals surface area contributed by atoms with Crippen molar-refractivity contribution >= 4 is 70.4 Å². The Morgan fingerprint density at radius 1 is 0.348 bits per heavy atom. The second-order valence-electron chi connectivity index (χ2n) is 15.9. The predicted molar refractivity (Wildman–Crippen MR) is 273 cm³/mol. The van der Waals surface area contributed by atoms with Crippen LogP contribution in [0.15, 0.2) is 206 Å². The molecule has 0 amide bonds. The van der Waals surface area contributed by atoms with E-state index < -0.39 is 0 Å². The fraction of sp³-hybridized carbons (Fsp3) is 0.100. The summed E-state index contributed by atoms with van der Waals surface area (Å²) in [7, 11) is 2.85. The molecular weight excluding hydrogens is 813 g/mol. The zero-order chi connectivity index (χ0) is 45.5. The number of hydrogen-bond acceptors (Lipinski definition) is 6. The van der Waals surface area contributed by atoms with Gasteiger partial charge in [-0.1, -0.05) is 158 Å². The Bertz CT molecular complexity index is 2650. The molecule has 326 valence electrons. The second-order valence-corrected chi connectivity index (χ2v) is 15.9. The van der Waals surface area contributed by atoms with Crippen molar-refractivity contribution in [2.45, 2.75) is 25.7 Å². The number of hydrogen-bond donors (Lipinski definition) is 0. The number of ether oxygens (including phenoxy) is 2. The van der Waals surface area contributed by atoms with Crippen molar-refractivity contribution in [2.24, 2.45) is 0 Å². The number of carbonyl (C=O) groups is 2. The van der Waals surface area contributed by atoms with Gasteiger partial charge in [-0.15, -0.1) is 0 Å². The van der Waals surface area contributed by atoms with Gasteiger partial charge in [0.1, 0.15) is 0 Å². The van der Waals surface area contributed by atoms with Gasteiger partial charge in [-0.2, -0.15) is 0 Å². The van der Waals surface area contributed by atoms with E-state index in [-0.39, 0.29) is 11.9 Å². The summed E-state index contributed by atoms with van der Waals surface area (Å²) < 4.78 is 9.74. The van der Waals surface area contributed by atoms with Gasteiger partial charge in [0.15, 0.2) is 0 Å². The maximum Gasteiger partial charge on any atom is 0.305 e. The lowest BCUT2D eigenvalue weighted by Crippen LogP contribution is -2.10. The molecule has 8 rings (SSSR count). The van der Waals surface area contributed by atoms with Gasteiger partial charge in [0.05, 0.1) is 14.2 Å². The van der Waals surface area contributed by atoms with Crippen molar-refractivity contribution in [3.8, 4) is 11.1 Å². The molecule has 8 aromatic rings. The van der Waals surface area contributed by atoms with Crippen LogP contribution >= 0.6 is 0 Å². The minimum Gasteiger partial charge on any atom is -0.469 e. The highest BCUT2D eigenvalue weighted by Gasteiger charge is 2.16. The standard InChI is InChI=1S/C60H52N2O4/c1-65-59(63)43-25-49-21-35-55(36-22-49)61(53-31-17-47(18-32-53)15-13-45-9-5-3-6-10-45)57-39-27-51(28-40-57)52-29-41-58(42-30-52)62(56-37-23-50(24-38-56)26-44-60(64)66-2)54-33-19-48(20-34-54)16-14-46-11-7-4-8-12-46/h3-24,27-42H,25-26,43-44H2,1-2H3/b15-13+,16-14+. The van der Waals surface area contributed by atoms with E-state index in [1.165, 1.54) is 14.2 Å². The topological polar surface area (TPSA) is 59.1 Å². The number of anilines is 6. The molecular formula is C60H52N2O4. The highest BCUT2D eigenvalue weighted by molar-refractivity contribution is 5.82. The molecule has 0 heterocycles. The first-order valence-corrected chi connectivity index (χ1v) is 22.2. The van der Waals surface area contributed by atoms with Crippen molar-refractivity contribution in [1.82, 2.24) is 0 Å². The van der Waals surface area contributed by atoms with Crippen LogP contribution in [0.25, 0.3) is 35.4 Å². The molecule has 8 aromatic carbocycles. The molecule has 0 radical (unpaired) electrons. The van der Waals surface area contributed by atoms with Crippen LogP contribution in [0.1, 0.15) is 46.2 Å². The molecule has 66 heavy (non-hydrogen) atoms. The summed E-state index contributed by atoms with van der Waals surface area (Å²) in [4.78, 5) is 28.2. The Balaban J connectivity index is 1.06. The molecule has 0 aliphatic heterocycles. The van der Waals surface area contributed by atoms with E-state index >= 15 is 0 Å². The van der Waals surface area contributed by atoms with E-state index in [9.17, 15) is 9.59 Å². The summed E-state index contributed by atoms with van der Waals surface area (Å²) in [6.45, 7) is 0. The van der Waals surface area contributed by atoms with E-state index in [1.54, 1.807) is 0 Å². The molecule has 6 nitrogen and oxygen atoms in total. The minimum absolute atomic E-state index is 0.216. The number of benzene rings is 8. The van der Waals surface area contributed by atoms with Crippen LogP contribution in [-0.4, -0.2) is 26.2 Å². The van der Waals surface area contributed by atoms with Crippen LogP contribution in [-0.2, 0) is 31.9 Å². The van der Waals surface area contributed by atoms with Gasteiger partial charge in [-0.05, 0) is 130 Å². The maximum atomic E-state index is 11.8. The lowest BCUT2D eigenvalue weighted by atomic mass is 10.0. The van der Waals surface area contributed by atoms with Crippen molar-refractivity contribution in [1.29, 1.82) is 0 Å².